The van der Waals surface area contributed by atoms with Crippen molar-refractivity contribution in [2.24, 2.45) is 10.2 Å². The molecule has 0 fully saturated rings. The van der Waals surface area contributed by atoms with E-state index in [9.17, 15) is 9.90 Å². The zero-order chi connectivity index (χ0) is 19.5. The number of phenols is 1. The van der Waals surface area contributed by atoms with Gasteiger partial charge in [-0.25, -0.2) is 0 Å². The first-order chi connectivity index (χ1) is 13.6. The average molecular weight is 389 g/mol. The normalized spacial score (nSPS) is 11.2. The first-order valence-corrected chi connectivity index (χ1v) is 9.26. The van der Waals surface area contributed by atoms with E-state index in [1.165, 1.54) is 11.3 Å². The first kappa shape index (κ1) is 17.7. The SMILES string of the molecule is Cc1nnc(/N=N/c2c(O)c(C(=O)Nc3ccccc3)cc3ccccc23)s1. The molecule has 0 saturated carbocycles. The van der Waals surface area contributed by atoms with E-state index >= 15 is 0 Å². The van der Waals surface area contributed by atoms with Crippen molar-refractivity contribution in [2.75, 3.05) is 5.32 Å². The van der Waals surface area contributed by atoms with Gasteiger partial charge < -0.3 is 10.4 Å². The molecule has 2 N–H and O–H groups in total. The minimum Gasteiger partial charge on any atom is -0.505 e. The molecule has 138 valence electrons. The Kier molecular flexibility index (Phi) is 4.77. The second-order valence-electron chi connectivity index (χ2n) is 5.97. The second kappa shape index (κ2) is 7.53. The number of nitrogens with one attached hydrogen (secondary N) is 1. The first-order valence-electron chi connectivity index (χ1n) is 8.45. The summed E-state index contributed by atoms with van der Waals surface area (Å²) in [6.07, 6.45) is 0. The molecule has 0 unspecified atom stereocenters. The van der Waals surface area contributed by atoms with Crippen molar-refractivity contribution < 1.29 is 9.90 Å². The van der Waals surface area contributed by atoms with Gasteiger partial charge in [-0.2, -0.15) is 0 Å². The highest BCUT2D eigenvalue weighted by molar-refractivity contribution is 7.14. The van der Waals surface area contributed by atoms with Gasteiger partial charge in [0, 0.05) is 11.1 Å². The van der Waals surface area contributed by atoms with Gasteiger partial charge in [0.1, 0.15) is 10.7 Å². The zero-order valence-electron chi connectivity index (χ0n) is 14.8. The number of aryl methyl sites for hydroxylation is 1. The molecule has 0 saturated heterocycles. The third kappa shape index (κ3) is 3.58. The molecular formula is C20H15N5O2S. The molecule has 0 spiro atoms. The van der Waals surface area contributed by atoms with Crippen molar-refractivity contribution in [1.82, 2.24) is 10.2 Å². The van der Waals surface area contributed by atoms with E-state index in [2.05, 4.69) is 25.7 Å². The largest absolute Gasteiger partial charge is 0.505 e. The molecule has 4 rings (SSSR count). The number of azo groups is 1. The fourth-order valence-corrected chi connectivity index (χ4v) is 3.24. The summed E-state index contributed by atoms with van der Waals surface area (Å²) >= 11 is 1.29. The predicted octanol–water partition coefficient (Wildman–Crippen LogP) is 5.37. The highest BCUT2D eigenvalue weighted by Gasteiger charge is 2.18. The summed E-state index contributed by atoms with van der Waals surface area (Å²) in [5, 5.41) is 32.2. The third-order valence-electron chi connectivity index (χ3n) is 4.02. The van der Waals surface area contributed by atoms with E-state index < -0.39 is 5.91 Å². The number of carbonyl (C=O) groups excluding carboxylic acids is 1. The minimum absolute atomic E-state index is 0.116. The van der Waals surface area contributed by atoms with Gasteiger partial charge in [-0.3, -0.25) is 4.79 Å². The van der Waals surface area contributed by atoms with Crippen molar-refractivity contribution in [3.8, 4) is 5.75 Å². The van der Waals surface area contributed by atoms with E-state index in [4.69, 9.17) is 0 Å². The van der Waals surface area contributed by atoms with Crippen LogP contribution in [0.1, 0.15) is 15.4 Å². The smallest absolute Gasteiger partial charge is 0.259 e. The maximum absolute atomic E-state index is 12.7. The number of para-hydroxylation sites is 1. The van der Waals surface area contributed by atoms with Crippen LogP contribution in [0.4, 0.5) is 16.5 Å². The van der Waals surface area contributed by atoms with Crippen LogP contribution in [0.3, 0.4) is 0 Å². The number of carbonyl (C=O) groups is 1. The molecule has 4 aromatic rings. The summed E-state index contributed by atoms with van der Waals surface area (Å²) in [7, 11) is 0. The number of anilines is 1. The number of rotatable bonds is 4. The van der Waals surface area contributed by atoms with E-state index in [-0.39, 0.29) is 17.0 Å². The number of nitrogens with zero attached hydrogens (tertiary/aromatic N) is 4. The number of hydrogen-bond donors (Lipinski definition) is 2. The van der Waals surface area contributed by atoms with Gasteiger partial charge in [0.05, 0.1) is 5.56 Å². The van der Waals surface area contributed by atoms with Crippen molar-refractivity contribution >= 4 is 44.5 Å². The fraction of sp³-hybridized carbons (Fsp3) is 0.0500. The van der Waals surface area contributed by atoms with E-state index in [0.717, 1.165) is 10.4 Å². The Morgan fingerprint density at radius 2 is 1.79 bits per heavy atom. The summed E-state index contributed by atoms with van der Waals surface area (Å²) in [5.41, 5.74) is 0.960. The van der Waals surface area contributed by atoms with Gasteiger partial charge in [0.2, 0.25) is 0 Å². The quantitative estimate of drug-likeness (QED) is 0.458. The lowest BCUT2D eigenvalue weighted by Gasteiger charge is -2.11. The summed E-state index contributed by atoms with van der Waals surface area (Å²) in [4.78, 5) is 12.7. The third-order valence-corrected chi connectivity index (χ3v) is 4.75. The van der Waals surface area contributed by atoms with Gasteiger partial charge in [0.25, 0.3) is 11.0 Å². The van der Waals surface area contributed by atoms with E-state index in [1.807, 2.05) is 49.4 Å². The lowest BCUT2D eigenvalue weighted by atomic mass is 10.0. The zero-order valence-corrected chi connectivity index (χ0v) is 15.6. The topological polar surface area (TPSA) is 99.8 Å². The Balaban J connectivity index is 1.78. The van der Waals surface area contributed by atoms with Crippen LogP contribution in [0.2, 0.25) is 0 Å². The number of hydrogen-bond acceptors (Lipinski definition) is 7. The van der Waals surface area contributed by atoms with Gasteiger partial charge in [0.15, 0.2) is 5.75 Å². The highest BCUT2D eigenvalue weighted by Crippen LogP contribution is 2.39. The van der Waals surface area contributed by atoms with Gasteiger partial charge in [-0.15, -0.1) is 20.4 Å². The average Bonchev–Trinajstić information content (AvgIpc) is 3.12. The lowest BCUT2D eigenvalue weighted by Crippen LogP contribution is -2.12. The molecule has 0 atom stereocenters. The predicted molar refractivity (Wildman–Crippen MR) is 109 cm³/mol. The number of aromatic hydroxyl groups is 1. The van der Waals surface area contributed by atoms with E-state index in [1.54, 1.807) is 18.2 Å². The van der Waals surface area contributed by atoms with Crippen LogP contribution in [-0.2, 0) is 0 Å². The molecule has 3 aromatic carbocycles. The molecule has 7 nitrogen and oxygen atoms in total. The molecule has 0 aliphatic rings. The van der Waals surface area contributed by atoms with Gasteiger partial charge in [-0.1, -0.05) is 53.8 Å². The van der Waals surface area contributed by atoms with Crippen LogP contribution in [0.15, 0.2) is 70.9 Å². The molecule has 0 aliphatic heterocycles. The van der Waals surface area contributed by atoms with Crippen molar-refractivity contribution in [1.29, 1.82) is 0 Å². The molecule has 1 aromatic heterocycles. The molecule has 1 amide bonds. The fourth-order valence-electron chi connectivity index (χ4n) is 2.73. The Morgan fingerprint density at radius 3 is 2.54 bits per heavy atom. The summed E-state index contributed by atoms with van der Waals surface area (Å²) in [5.74, 6) is -0.671. The monoisotopic (exact) mass is 389 g/mol. The minimum atomic E-state index is -0.433. The van der Waals surface area contributed by atoms with Crippen molar-refractivity contribution in [3.05, 3.63) is 71.2 Å². The lowest BCUT2D eigenvalue weighted by molar-refractivity contribution is 0.102. The molecule has 0 aliphatic carbocycles. The Bertz CT molecular complexity index is 1190. The Morgan fingerprint density at radius 1 is 1.04 bits per heavy atom. The maximum atomic E-state index is 12.7. The standard InChI is InChI=1S/C20H15N5O2S/c1-12-22-24-20(28-12)25-23-17-15-10-6-5-7-13(15)11-16(18(17)26)19(27)21-14-8-3-2-4-9-14/h2-11,26H,1H3,(H,21,27)/b25-23+. The van der Waals surface area contributed by atoms with E-state index in [0.29, 0.717) is 16.2 Å². The highest BCUT2D eigenvalue weighted by atomic mass is 32.1. The number of fused-ring (bicyclic) bond motifs is 1. The van der Waals surface area contributed by atoms with Gasteiger partial charge in [-0.05, 0) is 30.5 Å². The number of phenolic OH excluding ortho intramolecular Hbond substituents is 1. The van der Waals surface area contributed by atoms with Crippen LogP contribution in [0.25, 0.3) is 10.8 Å². The maximum Gasteiger partial charge on any atom is 0.259 e. The molecule has 0 bridgehead atoms. The number of aromatic nitrogens is 2. The number of benzene rings is 3. The van der Waals surface area contributed by atoms with Crippen LogP contribution in [-0.4, -0.2) is 21.2 Å². The summed E-state index contributed by atoms with van der Waals surface area (Å²) in [6.45, 7) is 1.82. The number of amides is 1. The van der Waals surface area contributed by atoms with Crippen molar-refractivity contribution in [2.45, 2.75) is 6.92 Å². The van der Waals surface area contributed by atoms with Crippen LogP contribution in [0.5, 0.6) is 5.75 Å². The molecule has 1 heterocycles. The summed E-state index contributed by atoms with van der Waals surface area (Å²) < 4.78 is 0. The van der Waals surface area contributed by atoms with Crippen LogP contribution < -0.4 is 5.32 Å². The van der Waals surface area contributed by atoms with Crippen LogP contribution in [0, 0.1) is 6.92 Å². The van der Waals surface area contributed by atoms with Crippen molar-refractivity contribution in [3.63, 3.8) is 0 Å². The molecule has 8 heteroatoms. The Hall–Kier alpha value is -3.65. The summed E-state index contributed by atoms with van der Waals surface area (Å²) in [6, 6.07) is 18.0. The second-order valence-corrected chi connectivity index (χ2v) is 7.13. The molecule has 28 heavy (non-hydrogen) atoms. The van der Waals surface area contributed by atoms with Gasteiger partial charge >= 0.3 is 0 Å². The van der Waals surface area contributed by atoms with Crippen LogP contribution >= 0.6 is 11.3 Å². The Labute approximate surface area is 164 Å². The molecular weight excluding hydrogens is 374 g/mol. The molecule has 0 radical (unpaired) electrons.